The predicted octanol–water partition coefficient (Wildman–Crippen LogP) is 8.11. The van der Waals surface area contributed by atoms with Crippen molar-refractivity contribution in [1.29, 1.82) is 0 Å². The van der Waals surface area contributed by atoms with Crippen molar-refractivity contribution in [1.82, 2.24) is 25.0 Å². The minimum Gasteiger partial charge on any atom is -0.477 e. The minimum atomic E-state index is -1.05. The van der Waals surface area contributed by atoms with E-state index < -0.39 is 5.97 Å². The Hall–Kier alpha value is -7.82. The SMILES string of the molecule is CC1(C)OB(c2ccc(N)nc2)OC1(C)C.CN1N=C(C(=O)Nc2ccc(Cc3cccc(F)c3)cn2)CCC1=O.CN1N=C(C(=O)O)CCC1=O.Fc1cccc(CBr)c1.Nc1ccc(Cc2cccc(F)c2)cn1. The number of hydrogen-bond donors (Lipinski definition) is 4. The van der Waals surface area contributed by atoms with Gasteiger partial charge in [-0.3, -0.25) is 14.4 Å². The van der Waals surface area contributed by atoms with Crippen LogP contribution in [0.3, 0.4) is 0 Å². The van der Waals surface area contributed by atoms with E-state index >= 15 is 0 Å². The number of carboxylic acids is 1. The van der Waals surface area contributed by atoms with Gasteiger partial charge in [-0.15, -0.1) is 0 Å². The first-order valence-electron chi connectivity index (χ1n) is 23.7. The van der Waals surface area contributed by atoms with Gasteiger partial charge in [-0.05, 0) is 123 Å². The second-order valence-corrected chi connectivity index (χ2v) is 18.9. The Morgan fingerprint density at radius 1 is 0.632 bits per heavy atom. The normalized spacial score (nSPS) is 15.2. The summed E-state index contributed by atoms with van der Waals surface area (Å²) in [7, 11) is 2.61. The van der Waals surface area contributed by atoms with Crippen LogP contribution in [0.5, 0.6) is 0 Å². The number of aromatic nitrogens is 3. The fraction of sp³-hybridized carbons (Fsp3) is 0.278. The van der Waals surface area contributed by atoms with Gasteiger partial charge in [0.1, 0.15) is 46.3 Å². The number of carbonyl (C=O) groups excluding carboxylic acids is 3. The largest absolute Gasteiger partial charge is 0.496 e. The fourth-order valence-electron chi connectivity index (χ4n) is 6.91. The third-order valence-corrected chi connectivity index (χ3v) is 12.5. The Labute approximate surface area is 447 Å². The van der Waals surface area contributed by atoms with Gasteiger partial charge in [-0.1, -0.05) is 70.5 Å². The molecule has 3 aliphatic heterocycles. The molecule has 6 aromatic rings. The van der Waals surface area contributed by atoms with Gasteiger partial charge >= 0.3 is 13.1 Å². The molecule has 3 aromatic carbocycles. The Morgan fingerprint density at radius 3 is 1.49 bits per heavy atom. The van der Waals surface area contributed by atoms with Crippen molar-refractivity contribution in [3.8, 4) is 0 Å². The lowest BCUT2D eigenvalue weighted by Crippen LogP contribution is -2.41. The van der Waals surface area contributed by atoms with Gasteiger partial charge in [0.15, 0.2) is 0 Å². The molecule has 0 unspecified atom stereocenters. The maximum absolute atomic E-state index is 13.2. The topological polar surface area (TPSA) is 241 Å². The van der Waals surface area contributed by atoms with E-state index in [9.17, 15) is 32.3 Å². The first-order chi connectivity index (χ1) is 36.0. The number of nitrogens with two attached hydrogens (primary N) is 2. The first-order valence-corrected chi connectivity index (χ1v) is 24.9. The molecule has 398 valence electrons. The lowest BCUT2D eigenvalue weighted by Gasteiger charge is -2.32. The number of halogens is 4. The number of nitrogen functional groups attached to an aromatic ring is 2. The predicted molar refractivity (Wildman–Crippen MR) is 290 cm³/mol. The lowest BCUT2D eigenvalue weighted by molar-refractivity contribution is -0.132. The quantitative estimate of drug-likeness (QED) is 0.0793. The van der Waals surface area contributed by atoms with Crippen molar-refractivity contribution in [2.24, 2.45) is 10.2 Å². The molecule has 0 bridgehead atoms. The molecule has 0 saturated carbocycles. The van der Waals surface area contributed by atoms with Crippen LogP contribution in [-0.4, -0.2) is 97.6 Å². The van der Waals surface area contributed by atoms with Gasteiger partial charge in [-0.25, -0.2) is 42.9 Å². The number of carbonyl (C=O) groups is 4. The second-order valence-electron chi connectivity index (χ2n) is 18.3. The number of anilines is 3. The highest BCUT2D eigenvalue weighted by atomic mass is 79.9. The highest BCUT2D eigenvalue weighted by Crippen LogP contribution is 2.36. The summed E-state index contributed by atoms with van der Waals surface area (Å²) in [5, 5.41) is 21.6. The number of rotatable bonds is 9. The van der Waals surface area contributed by atoms with Gasteiger partial charge in [-0.2, -0.15) is 10.2 Å². The molecule has 22 heteroatoms. The van der Waals surface area contributed by atoms with Gasteiger partial charge in [0.25, 0.3) is 5.91 Å². The van der Waals surface area contributed by atoms with Crippen LogP contribution in [0.1, 0.15) is 81.2 Å². The molecule has 0 radical (unpaired) electrons. The minimum absolute atomic E-state index is 0.0482. The van der Waals surface area contributed by atoms with E-state index in [-0.39, 0.29) is 78.5 Å². The molecule has 9 rings (SSSR count). The third-order valence-electron chi connectivity index (χ3n) is 11.8. The van der Waals surface area contributed by atoms with Crippen molar-refractivity contribution in [2.45, 2.75) is 82.8 Å². The van der Waals surface area contributed by atoms with E-state index in [2.05, 4.69) is 46.4 Å². The summed E-state index contributed by atoms with van der Waals surface area (Å²) in [6.07, 6.45) is 7.32. The zero-order valence-electron chi connectivity index (χ0n) is 42.8. The number of pyridine rings is 3. The Bertz CT molecular complexity index is 2990. The summed E-state index contributed by atoms with van der Waals surface area (Å²) in [6.45, 7) is 8.10. The second kappa shape index (κ2) is 27.6. The van der Waals surface area contributed by atoms with Gasteiger partial charge < -0.3 is 31.2 Å². The summed E-state index contributed by atoms with van der Waals surface area (Å²) in [4.78, 5) is 56.9. The zero-order chi connectivity index (χ0) is 55.6. The van der Waals surface area contributed by atoms with Crippen LogP contribution in [0.4, 0.5) is 30.6 Å². The smallest absolute Gasteiger partial charge is 0.477 e. The molecule has 1 saturated heterocycles. The molecule has 3 amide bonds. The van der Waals surface area contributed by atoms with Crippen LogP contribution in [0.2, 0.25) is 0 Å². The molecular formula is C54H59BBrF3N10O7. The maximum atomic E-state index is 13.2. The Kier molecular flexibility index (Phi) is 21.5. The third kappa shape index (κ3) is 18.5. The van der Waals surface area contributed by atoms with E-state index in [1.165, 1.54) is 55.5 Å². The first kappa shape index (κ1) is 59.1. The molecule has 76 heavy (non-hydrogen) atoms. The molecule has 0 spiro atoms. The number of aliphatic carboxylic acids is 1. The van der Waals surface area contributed by atoms with Crippen molar-refractivity contribution >= 4 is 81.1 Å². The van der Waals surface area contributed by atoms with Crippen molar-refractivity contribution in [2.75, 3.05) is 30.9 Å². The van der Waals surface area contributed by atoms with E-state index in [1.54, 1.807) is 55.0 Å². The van der Waals surface area contributed by atoms with Crippen LogP contribution in [0.25, 0.3) is 0 Å². The number of alkyl halides is 1. The van der Waals surface area contributed by atoms with Crippen LogP contribution >= 0.6 is 15.9 Å². The molecule has 0 aliphatic carbocycles. The maximum Gasteiger partial charge on any atom is 0.496 e. The number of nitrogens with one attached hydrogen (secondary N) is 1. The number of carboxylic acid groups (broad SMARTS) is 1. The fourth-order valence-corrected chi connectivity index (χ4v) is 7.26. The molecular weight excluding hydrogens is 1050 g/mol. The van der Waals surface area contributed by atoms with Gasteiger partial charge in [0, 0.05) is 69.2 Å². The molecule has 1 fully saturated rings. The van der Waals surface area contributed by atoms with Crippen molar-refractivity contribution in [3.05, 3.63) is 173 Å². The van der Waals surface area contributed by atoms with Crippen LogP contribution in [0, 0.1) is 17.5 Å². The van der Waals surface area contributed by atoms with Crippen LogP contribution < -0.4 is 22.2 Å². The number of benzene rings is 3. The number of amides is 3. The summed E-state index contributed by atoms with van der Waals surface area (Å²) >= 11 is 3.22. The Morgan fingerprint density at radius 2 is 1.08 bits per heavy atom. The molecule has 6 N–H and O–H groups in total. The monoisotopic (exact) mass is 1110 g/mol. The molecule has 17 nitrogen and oxygen atoms in total. The Balaban J connectivity index is 0.000000184. The van der Waals surface area contributed by atoms with E-state index in [4.69, 9.17) is 25.9 Å². The number of hydrogen-bond acceptors (Lipinski definition) is 13. The summed E-state index contributed by atoms with van der Waals surface area (Å²) < 4.78 is 50.2. The molecule has 3 aromatic heterocycles. The van der Waals surface area contributed by atoms with E-state index in [0.29, 0.717) is 47.8 Å². The van der Waals surface area contributed by atoms with Crippen molar-refractivity contribution < 1.29 is 46.8 Å². The van der Waals surface area contributed by atoms with Crippen LogP contribution in [-0.2, 0) is 46.7 Å². The number of hydrazone groups is 2. The highest BCUT2D eigenvalue weighted by Gasteiger charge is 2.51. The van der Waals surface area contributed by atoms with Crippen molar-refractivity contribution in [3.63, 3.8) is 0 Å². The van der Waals surface area contributed by atoms with E-state index in [0.717, 1.165) is 38.3 Å². The van der Waals surface area contributed by atoms with Gasteiger partial charge in [0.2, 0.25) is 11.8 Å². The average molecular weight is 1110 g/mol. The number of nitrogens with zero attached hydrogens (tertiary/aromatic N) is 7. The average Bonchev–Trinajstić information content (AvgIpc) is 3.60. The summed E-state index contributed by atoms with van der Waals surface area (Å²) in [5.41, 5.74) is 16.3. The summed E-state index contributed by atoms with van der Waals surface area (Å²) in [6, 6.07) is 30.2. The zero-order valence-corrected chi connectivity index (χ0v) is 44.4. The van der Waals surface area contributed by atoms with Gasteiger partial charge in [0.05, 0.1) is 11.2 Å². The standard InChI is InChI=1S/C18H17FN4O2.C12H11FN2.C11H17BN2O2.C7H6BrF.C6H8N2O3/c1-23-17(24)8-6-15(22-23)18(25)21-16-7-5-13(11-20-16)9-12-3-2-4-14(19)10-12;13-11-3-1-2-9(7-11)6-10-4-5-12(14)15-8-10;1-10(2)11(3,4)16-12(15-10)8-5-6-9(13)14-7-8;8-5-6-2-1-3-7(9)4-6;1-8-5(9)3-2-4(7-8)6(10)11/h2-5,7,10-11H,6,8-9H2,1H3,(H,20,21,25);1-5,7-8H,6H2,(H2,14,15);5-7H,1-4H3,(H2,13,14);1-4H,5H2;2-3H2,1H3,(H,10,11). The van der Waals surface area contributed by atoms with Crippen LogP contribution in [0.15, 0.2) is 138 Å². The summed E-state index contributed by atoms with van der Waals surface area (Å²) in [5.74, 6) is -0.942. The van der Waals surface area contributed by atoms with E-state index in [1.807, 2.05) is 64.1 Å². The molecule has 6 heterocycles. The highest BCUT2D eigenvalue weighted by molar-refractivity contribution is 9.08. The molecule has 3 aliphatic rings. The molecule has 0 atom stereocenters. The lowest BCUT2D eigenvalue weighted by atomic mass is 9.80.